The van der Waals surface area contributed by atoms with E-state index in [-0.39, 0.29) is 25.7 Å². The largest absolute Gasteiger partial charge is 0.472 e. The minimum absolute atomic E-state index is 0.102. The van der Waals surface area contributed by atoms with Crippen LogP contribution in [0.1, 0.15) is 318 Å². The number of phosphoric ester groups is 2. The van der Waals surface area contributed by atoms with E-state index in [1.165, 1.54) is 122 Å². The Morgan fingerprint density at radius 3 is 0.905 bits per heavy atom. The first-order valence-electron chi connectivity index (χ1n) is 33.9. The normalized spacial score (nSPS) is 14.7. The first kappa shape index (κ1) is 82.1. The average molecular weight is 1240 g/mol. The molecule has 0 fully saturated rings. The summed E-state index contributed by atoms with van der Waals surface area (Å²) in [5.74, 6) is 0.102. The summed E-state index contributed by atoms with van der Waals surface area (Å²) >= 11 is 0. The van der Waals surface area contributed by atoms with Gasteiger partial charge >= 0.3 is 39.5 Å². The molecule has 0 aromatic carbocycles. The third-order valence-electron chi connectivity index (χ3n) is 15.2. The predicted octanol–water partition coefficient (Wildman–Crippen LogP) is 17.9. The van der Waals surface area contributed by atoms with E-state index in [9.17, 15) is 43.2 Å². The van der Waals surface area contributed by atoms with Crippen LogP contribution in [0, 0.1) is 17.8 Å². The highest BCUT2D eigenvalue weighted by Gasteiger charge is 2.30. The number of hydrogen-bond donors (Lipinski definition) is 3. The van der Waals surface area contributed by atoms with Crippen LogP contribution in [0.25, 0.3) is 0 Å². The smallest absolute Gasteiger partial charge is 0.462 e. The maximum atomic E-state index is 13.0. The first-order chi connectivity index (χ1) is 40.3. The van der Waals surface area contributed by atoms with Gasteiger partial charge in [0.05, 0.1) is 26.4 Å². The van der Waals surface area contributed by atoms with Gasteiger partial charge in [-0.1, -0.05) is 267 Å². The molecule has 0 radical (unpaired) electrons. The number of phosphoric acid groups is 2. The number of ether oxygens (including phenoxy) is 4. The van der Waals surface area contributed by atoms with Crippen LogP contribution >= 0.6 is 15.6 Å². The molecular weight excluding hydrogens is 1110 g/mol. The predicted molar refractivity (Wildman–Crippen MR) is 335 cm³/mol. The molecule has 0 saturated carbocycles. The van der Waals surface area contributed by atoms with Crippen LogP contribution in [0.2, 0.25) is 0 Å². The summed E-state index contributed by atoms with van der Waals surface area (Å²) in [6.07, 6.45) is 38.1. The number of carbonyl (C=O) groups excluding carboxylic acids is 4. The molecule has 0 aliphatic rings. The van der Waals surface area contributed by atoms with Gasteiger partial charge in [0.2, 0.25) is 0 Å². The fraction of sp³-hybridized carbons (Fsp3) is 0.938. The van der Waals surface area contributed by atoms with E-state index in [4.69, 9.17) is 37.0 Å². The van der Waals surface area contributed by atoms with Gasteiger partial charge in [-0.3, -0.25) is 37.3 Å². The zero-order valence-corrected chi connectivity index (χ0v) is 56.1. The van der Waals surface area contributed by atoms with Crippen LogP contribution in [0.15, 0.2) is 0 Å². The molecule has 6 atom stereocenters. The van der Waals surface area contributed by atoms with Gasteiger partial charge in [-0.25, -0.2) is 9.13 Å². The van der Waals surface area contributed by atoms with Crippen LogP contribution < -0.4 is 0 Å². The fourth-order valence-electron chi connectivity index (χ4n) is 9.62. The summed E-state index contributed by atoms with van der Waals surface area (Å²) in [6, 6.07) is 0. The molecule has 0 aromatic rings. The molecule has 0 bridgehead atoms. The fourth-order valence-corrected chi connectivity index (χ4v) is 11.2. The second kappa shape index (κ2) is 56.3. The Kier molecular flexibility index (Phi) is 55.0. The molecule has 17 nitrogen and oxygen atoms in total. The Morgan fingerprint density at radius 2 is 0.607 bits per heavy atom. The molecule has 0 aromatic heterocycles. The van der Waals surface area contributed by atoms with Gasteiger partial charge in [-0.15, -0.1) is 0 Å². The molecule has 0 amide bonds. The highest BCUT2D eigenvalue weighted by atomic mass is 31.2. The molecule has 0 heterocycles. The minimum atomic E-state index is -4.95. The zero-order chi connectivity index (χ0) is 62.4. The Hall–Kier alpha value is -1.94. The second-order valence-corrected chi connectivity index (χ2v) is 27.6. The van der Waals surface area contributed by atoms with Crippen molar-refractivity contribution in [2.75, 3.05) is 39.6 Å². The molecule has 498 valence electrons. The van der Waals surface area contributed by atoms with Crippen LogP contribution in [0.5, 0.6) is 0 Å². The molecule has 0 aliphatic carbocycles. The van der Waals surface area contributed by atoms with Gasteiger partial charge < -0.3 is 33.8 Å². The highest BCUT2D eigenvalue weighted by Crippen LogP contribution is 2.45. The Morgan fingerprint density at radius 1 is 0.345 bits per heavy atom. The van der Waals surface area contributed by atoms with E-state index in [0.717, 1.165) is 114 Å². The van der Waals surface area contributed by atoms with Crippen LogP contribution in [-0.2, 0) is 65.4 Å². The van der Waals surface area contributed by atoms with Crippen molar-refractivity contribution in [1.82, 2.24) is 0 Å². The molecule has 0 saturated heterocycles. The van der Waals surface area contributed by atoms with Crippen molar-refractivity contribution in [1.29, 1.82) is 0 Å². The molecule has 3 N–H and O–H groups in total. The van der Waals surface area contributed by atoms with Gasteiger partial charge in [-0.2, -0.15) is 0 Å². The Bertz CT molecular complexity index is 1670. The zero-order valence-electron chi connectivity index (χ0n) is 54.4. The molecule has 3 unspecified atom stereocenters. The number of aliphatic hydroxyl groups excluding tert-OH is 1. The van der Waals surface area contributed by atoms with E-state index in [0.29, 0.717) is 25.7 Å². The van der Waals surface area contributed by atoms with Crippen molar-refractivity contribution in [3.63, 3.8) is 0 Å². The highest BCUT2D eigenvalue weighted by molar-refractivity contribution is 7.47. The average Bonchev–Trinajstić information content (AvgIpc) is 3.54. The second-order valence-electron chi connectivity index (χ2n) is 24.7. The topological polar surface area (TPSA) is 237 Å². The summed E-state index contributed by atoms with van der Waals surface area (Å²) in [4.78, 5) is 72.0. The van der Waals surface area contributed by atoms with Gasteiger partial charge in [0.15, 0.2) is 12.2 Å². The van der Waals surface area contributed by atoms with Crippen LogP contribution in [0.3, 0.4) is 0 Å². The summed E-state index contributed by atoms with van der Waals surface area (Å²) in [5, 5.41) is 10.5. The number of carbonyl (C=O) groups is 4. The SMILES string of the molecule is CCCCCCCC(=O)OC[C@H](COP(=O)(O)OC[C@H](O)COP(=O)(O)OC[C@@H](COC(=O)CCCCCCCCCCC(C)C)OC(=O)CCCCCCCCCCCCCCCCCC(C)C)OC(=O)CCCCCCCCC(C)CC. The van der Waals surface area contributed by atoms with Crippen molar-refractivity contribution in [3.8, 4) is 0 Å². The van der Waals surface area contributed by atoms with Gasteiger partial charge in [0, 0.05) is 25.7 Å². The number of rotatable bonds is 63. The third-order valence-corrected chi connectivity index (χ3v) is 17.1. The van der Waals surface area contributed by atoms with Crippen molar-refractivity contribution < 1.29 is 80.2 Å². The summed E-state index contributed by atoms with van der Waals surface area (Å²) in [6.45, 7) is 11.7. The minimum Gasteiger partial charge on any atom is -0.462 e. The molecule has 0 aliphatic heterocycles. The first-order valence-corrected chi connectivity index (χ1v) is 36.9. The number of hydrogen-bond acceptors (Lipinski definition) is 15. The van der Waals surface area contributed by atoms with Crippen molar-refractivity contribution in [3.05, 3.63) is 0 Å². The van der Waals surface area contributed by atoms with Crippen LogP contribution in [-0.4, -0.2) is 96.7 Å². The molecular formula is C65H126O17P2. The molecule has 84 heavy (non-hydrogen) atoms. The molecule has 19 heteroatoms. The Labute approximate surface area is 511 Å². The van der Waals surface area contributed by atoms with Crippen molar-refractivity contribution >= 4 is 39.5 Å². The van der Waals surface area contributed by atoms with Gasteiger partial charge in [-0.05, 0) is 43.4 Å². The van der Waals surface area contributed by atoms with Crippen molar-refractivity contribution in [2.24, 2.45) is 17.8 Å². The monoisotopic (exact) mass is 1240 g/mol. The Balaban J connectivity index is 5.15. The lowest BCUT2D eigenvalue weighted by molar-refractivity contribution is -0.161. The lowest BCUT2D eigenvalue weighted by Crippen LogP contribution is -2.30. The summed E-state index contributed by atoms with van der Waals surface area (Å²) < 4.78 is 67.8. The summed E-state index contributed by atoms with van der Waals surface area (Å²) in [5.41, 5.74) is 0. The van der Waals surface area contributed by atoms with Crippen molar-refractivity contribution in [2.45, 2.75) is 336 Å². The standard InChI is InChI=1S/C65H126O17P2/c1-8-10-11-29-39-46-62(67)75-52-60(82-65(70)49-42-35-28-27-32-38-45-58(7)9-2)54-79-83(71,72)77-50-59(66)51-78-84(73,74)80-55-61(53-76-63(68)47-40-33-25-22-21-24-31-37-44-57(5)6)81-64(69)48-41-34-26-20-18-16-14-12-13-15-17-19-23-30-36-43-56(3)4/h56-61,66H,8-55H2,1-7H3,(H,71,72)(H,73,74)/t58?,59-,60+,61+/m0/s1. The quantitative estimate of drug-likeness (QED) is 0.0222. The van der Waals surface area contributed by atoms with Crippen LogP contribution in [0.4, 0.5) is 0 Å². The number of aliphatic hydroxyl groups is 1. The van der Waals surface area contributed by atoms with Gasteiger partial charge in [0.1, 0.15) is 19.3 Å². The van der Waals surface area contributed by atoms with E-state index >= 15 is 0 Å². The number of unbranched alkanes of at least 4 members (excludes halogenated alkanes) is 30. The van der Waals surface area contributed by atoms with Gasteiger partial charge in [0.25, 0.3) is 0 Å². The molecule has 0 spiro atoms. The van der Waals surface area contributed by atoms with E-state index in [1.807, 2.05) is 0 Å². The van der Waals surface area contributed by atoms with E-state index < -0.39 is 97.5 Å². The van der Waals surface area contributed by atoms with E-state index in [2.05, 4.69) is 48.5 Å². The number of esters is 4. The maximum Gasteiger partial charge on any atom is 0.472 e. The lowest BCUT2D eigenvalue weighted by atomic mass is 10.00. The molecule has 0 rings (SSSR count). The third kappa shape index (κ3) is 57.8. The van der Waals surface area contributed by atoms with E-state index in [1.54, 1.807) is 0 Å². The summed E-state index contributed by atoms with van der Waals surface area (Å²) in [7, 11) is -9.88. The lowest BCUT2D eigenvalue weighted by Gasteiger charge is -2.21. The maximum absolute atomic E-state index is 13.0.